The molecule has 1 heterocycles. The van der Waals surface area contributed by atoms with Gasteiger partial charge in [0, 0.05) is 29.6 Å². The van der Waals surface area contributed by atoms with Crippen molar-refractivity contribution in [3.63, 3.8) is 0 Å². The molecule has 0 bridgehead atoms. The quantitative estimate of drug-likeness (QED) is 0.827. The fraction of sp³-hybridized carbons (Fsp3) is 0.308. The zero-order chi connectivity index (χ0) is 12.1. The lowest BCUT2D eigenvalue weighted by molar-refractivity contribution is 0.199. The van der Waals surface area contributed by atoms with Gasteiger partial charge >= 0.3 is 0 Å². The van der Waals surface area contributed by atoms with E-state index < -0.39 is 6.10 Å². The summed E-state index contributed by atoms with van der Waals surface area (Å²) in [7, 11) is 0. The second-order valence-corrected chi connectivity index (χ2v) is 5.07. The Morgan fingerprint density at radius 2 is 2.35 bits per heavy atom. The molecule has 90 valence electrons. The molecule has 4 heteroatoms. The van der Waals surface area contributed by atoms with Gasteiger partial charge in [0.25, 0.3) is 0 Å². The summed E-state index contributed by atoms with van der Waals surface area (Å²) < 4.78 is 2.06. The van der Waals surface area contributed by atoms with E-state index in [9.17, 15) is 5.11 Å². The average molecular weight is 248 g/mol. The fourth-order valence-electron chi connectivity index (χ4n) is 1.55. The Morgan fingerprint density at radius 1 is 1.47 bits per heavy atom. The molecule has 1 atom stereocenters. The van der Waals surface area contributed by atoms with E-state index >= 15 is 0 Å². The van der Waals surface area contributed by atoms with E-state index in [0.717, 1.165) is 17.9 Å². The van der Waals surface area contributed by atoms with E-state index in [2.05, 4.69) is 15.6 Å². The van der Waals surface area contributed by atoms with Crippen molar-refractivity contribution in [3.8, 4) is 0 Å². The van der Waals surface area contributed by atoms with Crippen molar-refractivity contribution in [1.29, 1.82) is 0 Å². The molecule has 0 aliphatic carbocycles. The molecule has 0 saturated carbocycles. The highest BCUT2D eigenvalue weighted by molar-refractivity contribution is 7.99. The Morgan fingerprint density at radius 3 is 3.06 bits per heavy atom. The van der Waals surface area contributed by atoms with Crippen molar-refractivity contribution in [2.24, 2.45) is 0 Å². The molecule has 0 amide bonds. The zero-order valence-electron chi connectivity index (χ0n) is 9.78. The first-order valence-electron chi connectivity index (χ1n) is 5.62. The predicted molar refractivity (Wildman–Crippen MR) is 70.0 cm³/mol. The first kappa shape index (κ1) is 12.2. The predicted octanol–water partition coefficient (Wildman–Crippen LogP) is 2.73. The Bertz CT molecular complexity index is 454. The second-order valence-electron chi connectivity index (χ2n) is 3.90. The molecule has 0 spiro atoms. The molecular weight excluding hydrogens is 232 g/mol. The van der Waals surface area contributed by atoms with Crippen LogP contribution in [0.25, 0.3) is 0 Å². The maximum absolute atomic E-state index is 9.50. The van der Waals surface area contributed by atoms with Crippen molar-refractivity contribution < 1.29 is 5.11 Å². The molecular formula is C13H16N2OS. The molecule has 0 radical (unpaired) electrons. The topological polar surface area (TPSA) is 38.0 Å². The van der Waals surface area contributed by atoms with E-state index in [-0.39, 0.29) is 0 Å². The number of thioether (sulfide) groups is 1. The molecule has 1 N–H and O–H groups in total. The third-order valence-electron chi connectivity index (χ3n) is 2.52. The number of rotatable bonds is 5. The van der Waals surface area contributed by atoms with Crippen LogP contribution in [0.15, 0.2) is 47.9 Å². The first-order valence-corrected chi connectivity index (χ1v) is 6.61. The maximum Gasteiger partial charge on any atom is 0.0946 e. The van der Waals surface area contributed by atoms with Crippen molar-refractivity contribution in [2.45, 2.75) is 24.5 Å². The van der Waals surface area contributed by atoms with E-state index in [0.29, 0.717) is 0 Å². The molecule has 2 aromatic rings. The lowest BCUT2D eigenvalue weighted by atomic mass is 10.1. The Labute approximate surface area is 106 Å². The van der Waals surface area contributed by atoms with Crippen LogP contribution in [0.1, 0.15) is 18.6 Å². The Kier molecular flexibility index (Phi) is 4.23. The summed E-state index contributed by atoms with van der Waals surface area (Å²) in [5.41, 5.74) is 0.970. The number of aryl methyl sites for hydroxylation is 1. The summed E-state index contributed by atoms with van der Waals surface area (Å²) in [4.78, 5) is 5.20. The molecule has 3 nitrogen and oxygen atoms in total. The maximum atomic E-state index is 9.50. The number of imidazole rings is 1. The van der Waals surface area contributed by atoms with Gasteiger partial charge in [-0.2, -0.15) is 0 Å². The van der Waals surface area contributed by atoms with Crippen molar-refractivity contribution >= 4 is 11.8 Å². The Balaban J connectivity index is 1.88. The average Bonchev–Trinajstić information content (AvgIpc) is 2.82. The molecule has 17 heavy (non-hydrogen) atoms. The number of aliphatic hydroxyl groups is 1. The second kappa shape index (κ2) is 5.89. The van der Waals surface area contributed by atoms with Gasteiger partial charge in [-0.05, 0) is 24.6 Å². The normalized spacial score (nSPS) is 12.6. The summed E-state index contributed by atoms with van der Waals surface area (Å²) in [6.45, 7) is 2.73. The van der Waals surface area contributed by atoms with E-state index in [1.54, 1.807) is 24.9 Å². The Hall–Kier alpha value is -1.26. The highest BCUT2D eigenvalue weighted by Crippen LogP contribution is 2.22. The van der Waals surface area contributed by atoms with Gasteiger partial charge in [0.05, 0.1) is 12.4 Å². The van der Waals surface area contributed by atoms with Gasteiger partial charge in [-0.3, -0.25) is 0 Å². The van der Waals surface area contributed by atoms with Gasteiger partial charge in [-0.1, -0.05) is 12.1 Å². The minimum atomic E-state index is -0.399. The molecule has 0 fully saturated rings. The highest BCUT2D eigenvalue weighted by Gasteiger charge is 2.01. The third kappa shape index (κ3) is 3.61. The van der Waals surface area contributed by atoms with Crippen molar-refractivity contribution in [2.75, 3.05) is 5.75 Å². The third-order valence-corrected chi connectivity index (χ3v) is 3.49. The van der Waals surface area contributed by atoms with Crippen LogP contribution in [0.4, 0.5) is 0 Å². The van der Waals surface area contributed by atoms with E-state index in [1.165, 1.54) is 4.90 Å². The van der Waals surface area contributed by atoms with Crippen LogP contribution in [-0.4, -0.2) is 20.4 Å². The lowest BCUT2D eigenvalue weighted by Crippen LogP contribution is -1.97. The lowest BCUT2D eigenvalue weighted by Gasteiger charge is -2.07. The van der Waals surface area contributed by atoms with Gasteiger partial charge < -0.3 is 9.67 Å². The minimum Gasteiger partial charge on any atom is -0.389 e. The molecule has 0 aliphatic rings. The number of hydrogen-bond acceptors (Lipinski definition) is 3. The van der Waals surface area contributed by atoms with Gasteiger partial charge in [-0.15, -0.1) is 11.8 Å². The zero-order valence-corrected chi connectivity index (χ0v) is 10.6. The largest absolute Gasteiger partial charge is 0.389 e. The van der Waals surface area contributed by atoms with Crippen LogP contribution in [-0.2, 0) is 6.54 Å². The van der Waals surface area contributed by atoms with E-state index in [4.69, 9.17) is 0 Å². The number of nitrogens with zero attached hydrogens (tertiary/aromatic N) is 2. The van der Waals surface area contributed by atoms with Crippen molar-refractivity contribution in [3.05, 3.63) is 48.5 Å². The fourth-order valence-corrected chi connectivity index (χ4v) is 2.48. The number of aromatic nitrogens is 2. The molecule has 0 saturated heterocycles. The molecule has 1 unspecified atom stereocenters. The smallest absolute Gasteiger partial charge is 0.0946 e. The summed E-state index contributed by atoms with van der Waals surface area (Å²) >= 11 is 1.79. The van der Waals surface area contributed by atoms with E-state index in [1.807, 2.05) is 30.7 Å². The van der Waals surface area contributed by atoms with Crippen LogP contribution < -0.4 is 0 Å². The van der Waals surface area contributed by atoms with Crippen LogP contribution in [0.3, 0.4) is 0 Å². The number of hydrogen-bond donors (Lipinski definition) is 1. The first-order chi connectivity index (χ1) is 8.25. The van der Waals surface area contributed by atoms with Gasteiger partial charge in [0.2, 0.25) is 0 Å². The van der Waals surface area contributed by atoms with Gasteiger partial charge in [0.1, 0.15) is 0 Å². The minimum absolute atomic E-state index is 0.399. The van der Waals surface area contributed by atoms with Crippen LogP contribution in [0.2, 0.25) is 0 Å². The number of benzene rings is 1. The highest BCUT2D eigenvalue weighted by atomic mass is 32.2. The summed E-state index contributed by atoms with van der Waals surface area (Å²) in [5.74, 6) is 1.000. The van der Waals surface area contributed by atoms with Crippen LogP contribution >= 0.6 is 11.8 Å². The summed E-state index contributed by atoms with van der Waals surface area (Å²) in [6, 6.07) is 8.06. The number of aliphatic hydroxyl groups excluding tert-OH is 1. The monoisotopic (exact) mass is 248 g/mol. The SMILES string of the molecule is CC(O)c1cccc(SCCn2ccnc2)c1. The summed E-state index contributed by atoms with van der Waals surface area (Å²) in [6.07, 6.45) is 5.18. The standard InChI is InChI=1S/C13H16N2OS/c1-11(16)12-3-2-4-13(9-12)17-8-7-15-6-5-14-10-15/h2-6,9-11,16H,7-8H2,1H3. The summed E-state index contributed by atoms with van der Waals surface area (Å²) in [5, 5.41) is 9.50. The van der Waals surface area contributed by atoms with Gasteiger partial charge in [0.15, 0.2) is 0 Å². The van der Waals surface area contributed by atoms with Gasteiger partial charge in [-0.25, -0.2) is 4.98 Å². The molecule has 1 aromatic heterocycles. The van der Waals surface area contributed by atoms with Crippen molar-refractivity contribution in [1.82, 2.24) is 9.55 Å². The molecule has 2 rings (SSSR count). The van der Waals surface area contributed by atoms with Crippen LogP contribution in [0, 0.1) is 0 Å². The molecule has 0 aliphatic heterocycles. The van der Waals surface area contributed by atoms with Crippen LogP contribution in [0.5, 0.6) is 0 Å². The molecule has 1 aromatic carbocycles.